The quantitative estimate of drug-likeness (QED) is 0.692. The maximum absolute atomic E-state index is 11.8. The molecule has 1 aromatic carbocycles. The van der Waals surface area contributed by atoms with E-state index in [0.29, 0.717) is 17.1 Å². The summed E-state index contributed by atoms with van der Waals surface area (Å²) in [6.45, 7) is 0. The van der Waals surface area contributed by atoms with E-state index >= 15 is 0 Å². The van der Waals surface area contributed by atoms with Gasteiger partial charge in [-0.15, -0.1) is 0 Å². The van der Waals surface area contributed by atoms with Crippen LogP contribution in [0.15, 0.2) is 42.6 Å². The predicted octanol–water partition coefficient (Wildman–Crippen LogP) is 2.96. The minimum absolute atomic E-state index is 0.144. The fourth-order valence-electron chi connectivity index (χ4n) is 1.62. The van der Waals surface area contributed by atoms with Crippen molar-refractivity contribution in [1.82, 2.24) is 4.98 Å². The molecule has 0 saturated carbocycles. The zero-order chi connectivity index (χ0) is 15.2. The summed E-state index contributed by atoms with van der Waals surface area (Å²) in [6, 6.07) is 10.2. The molecule has 1 heterocycles. The molecule has 2 aromatic rings. The van der Waals surface area contributed by atoms with Crippen LogP contribution in [0.5, 0.6) is 0 Å². The molecule has 0 bridgehead atoms. The third kappa shape index (κ3) is 5.03. The molecule has 1 aromatic heterocycles. The number of carbonyl (C=O) groups excluding carboxylic acids is 1. The molecule has 7 heteroatoms. The van der Waals surface area contributed by atoms with Gasteiger partial charge in [0.2, 0.25) is 0 Å². The second-order valence-corrected chi connectivity index (χ2v) is 5.44. The molecule has 0 radical (unpaired) electrons. The molecule has 0 fully saturated rings. The van der Waals surface area contributed by atoms with Gasteiger partial charge in [0, 0.05) is 9.26 Å². The van der Waals surface area contributed by atoms with Crippen molar-refractivity contribution in [3.8, 4) is 0 Å². The van der Waals surface area contributed by atoms with Crippen molar-refractivity contribution < 1.29 is 14.7 Å². The number of nitrogens with zero attached hydrogens (tertiary/aromatic N) is 1. The largest absolute Gasteiger partial charge is 0.481 e. The second-order valence-electron chi connectivity index (χ2n) is 4.20. The maximum Gasteiger partial charge on any atom is 0.323 e. The normalized spacial score (nSPS) is 9.95. The van der Waals surface area contributed by atoms with Crippen molar-refractivity contribution in [3.63, 3.8) is 0 Å². The number of pyridine rings is 1. The van der Waals surface area contributed by atoms with Gasteiger partial charge in [-0.1, -0.05) is 6.07 Å². The monoisotopic (exact) mass is 397 g/mol. The van der Waals surface area contributed by atoms with Gasteiger partial charge < -0.3 is 15.7 Å². The van der Waals surface area contributed by atoms with Gasteiger partial charge in [0.05, 0.1) is 24.0 Å². The Bertz CT molecular complexity index is 659. The zero-order valence-corrected chi connectivity index (χ0v) is 13.0. The molecule has 0 spiro atoms. The lowest BCUT2D eigenvalue weighted by Crippen LogP contribution is -2.19. The summed E-state index contributed by atoms with van der Waals surface area (Å²) in [7, 11) is 0. The Balaban J connectivity index is 1.95. The van der Waals surface area contributed by atoms with Crippen LogP contribution in [0.3, 0.4) is 0 Å². The molecular weight excluding hydrogens is 385 g/mol. The number of rotatable bonds is 4. The van der Waals surface area contributed by atoms with E-state index in [-0.39, 0.29) is 12.5 Å². The molecule has 3 N–H and O–H groups in total. The zero-order valence-electron chi connectivity index (χ0n) is 10.8. The Hall–Kier alpha value is -2.16. The molecule has 108 valence electrons. The first-order valence-electron chi connectivity index (χ1n) is 6.03. The number of aliphatic carboxylic acids is 1. The lowest BCUT2D eigenvalue weighted by Gasteiger charge is -2.08. The first-order chi connectivity index (χ1) is 10.0. The number of halogens is 1. The molecule has 6 nitrogen and oxygen atoms in total. The van der Waals surface area contributed by atoms with Gasteiger partial charge in [-0.25, -0.2) is 4.79 Å². The molecule has 2 rings (SSSR count). The number of urea groups is 1. The third-order valence-corrected chi connectivity index (χ3v) is 3.17. The van der Waals surface area contributed by atoms with Crippen LogP contribution in [0.2, 0.25) is 0 Å². The number of carboxylic acid groups (broad SMARTS) is 1. The van der Waals surface area contributed by atoms with E-state index in [1.807, 2.05) is 18.2 Å². The number of nitrogens with one attached hydrogen (secondary N) is 2. The van der Waals surface area contributed by atoms with Crippen LogP contribution in [-0.2, 0) is 11.2 Å². The van der Waals surface area contributed by atoms with Crippen LogP contribution in [0.25, 0.3) is 0 Å². The highest BCUT2D eigenvalue weighted by atomic mass is 127. The highest BCUT2D eigenvalue weighted by Gasteiger charge is 2.05. The predicted molar refractivity (Wildman–Crippen MR) is 87.4 cm³/mol. The number of amides is 2. The summed E-state index contributed by atoms with van der Waals surface area (Å²) in [6.07, 6.45) is 1.28. The van der Waals surface area contributed by atoms with Gasteiger partial charge in [-0.05, 0) is 52.9 Å². The highest BCUT2D eigenvalue weighted by molar-refractivity contribution is 14.1. The lowest BCUT2D eigenvalue weighted by molar-refractivity contribution is -0.136. The van der Waals surface area contributed by atoms with Crippen molar-refractivity contribution in [2.75, 3.05) is 10.6 Å². The Morgan fingerprint density at radius 1 is 1.14 bits per heavy atom. The van der Waals surface area contributed by atoms with E-state index in [4.69, 9.17) is 5.11 Å². The van der Waals surface area contributed by atoms with Crippen molar-refractivity contribution in [2.45, 2.75) is 6.42 Å². The Morgan fingerprint density at radius 3 is 2.52 bits per heavy atom. The molecule has 0 aliphatic heterocycles. The van der Waals surface area contributed by atoms with Crippen LogP contribution in [0.1, 0.15) is 5.69 Å². The van der Waals surface area contributed by atoms with Crippen molar-refractivity contribution >= 4 is 46.0 Å². The number of aromatic nitrogens is 1. The van der Waals surface area contributed by atoms with Crippen LogP contribution in [0.4, 0.5) is 16.2 Å². The summed E-state index contributed by atoms with van der Waals surface area (Å²) in [5.41, 5.74) is 1.62. The van der Waals surface area contributed by atoms with Crippen LogP contribution in [0, 0.1) is 3.57 Å². The molecule has 0 saturated heterocycles. The first-order valence-corrected chi connectivity index (χ1v) is 7.11. The number of carbonyl (C=O) groups is 2. The minimum Gasteiger partial charge on any atom is -0.481 e. The molecule has 21 heavy (non-hydrogen) atoms. The smallest absolute Gasteiger partial charge is 0.323 e. The van der Waals surface area contributed by atoms with Gasteiger partial charge >= 0.3 is 12.0 Å². The maximum atomic E-state index is 11.8. The van der Waals surface area contributed by atoms with Crippen molar-refractivity contribution in [2.24, 2.45) is 0 Å². The Labute approximate surface area is 134 Å². The van der Waals surface area contributed by atoms with E-state index in [1.165, 1.54) is 6.20 Å². The van der Waals surface area contributed by atoms with Crippen LogP contribution in [-0.4, -0.2) is 22.1 Å². The van der Waals surface area contributed by atoms with E-state index in [2.05, 4.69) is 38.2 Å². The number of carboxylic acids is 1. The fraction of sp³-hybridized carbons (Fsp3) is 0.0714. The van der Waals surface area contributed by atoms with Crippen molar-refractivity contribution in [1.29, 1.82) is 0 Å². The minimum atomic E-state index is -0.945. The molecule has 0 unspecified atom stereocenters. The molecular formula is C14H12IN3O3. The number of hydrogen-bond donors (Lipinski definition) is 3. The molecule has 0 aliphatic carbocycles. The number of anilines is 2. The highest BCUT2D eigenvalue weighted by Crippen LogP contribution is 2.13. The average molecular weight is 397 g/mol. The Morgan fingerprint density at radius 2 is 1.90 bits per heavy atom. The summed E-state index contributed by atoms with van der Waals surface area (Å²) in [4.78, 5) is 26.3. The van der Waals surface area contributed by atoms with Gasteiger partial charge in [-0.2, -0.15) is 0 Å². The van der Waals surface area contributed by atoms with E-state index in [0.717, 1.165) is 3.57 Å². The summed E-state index contributed by atoms with van der Waals surface area (Å²) in [5.74, 6) is -0.945. The van der Waals surface area contributed by atoms with Gasteiger partial charge in [0.15, 0.2) is 0 Å². The third-order valence-electron chi connectivity index (χ3n) is 2.50. The average Bonchev–Trinajstić information content (AvgIpc) is 2.40. The van der Waals surface area contributed by atoms with Crippen LogP contribution >= 0.6 is 22.6 Å². The van der Waals surface area contributed by atoms with E-state index in [9.17, 15) is 9.59 Å². The summed E-state index contributed by atoms with van der Waals surface area (Å²) >= 11 is 2.16. The molecule has 0 aliphatic rings. The topological polar surface area (TPSA) is 91.3 Å². The second kappa shape index (κ2) is 7.02. The van der Waals surface area contributed by atoms with Crippen LogP contribution < -0.4 is 10.6 Å². The molecule has 2 amide bonds. The van der Waals surface area contributed by atoms with E-state index < -0.39 is 5.97 Å². The van der Waals surface area contributed by atoms with Gasteiger partial charge in [-0.3, -0.25) is 9.78 Å². The number of benzene rings is 1. The van der Waals surface area contributed by atoms with Crippen molar-refractivity contribution in [3.05, 3.63) is 51.9 Å². The SMILES string of the molecule is O=C(O)Cc1ccc(NC(=O)Nc2cccc(I)c2)cn1. The summed E-state index contributed by atoms with van der Waals surface area (Å²) < 4.78 is 1.02. The fourth-order valence-corrected chi connectivity index (χ4v) is 2.16. The standard InChI is InChI=1S/C14H12IN3O3/c15-9-2-1-3-11(6-9)17-14(21)18-12-5-4-10(16-8-12)7-13(19)20/h1-6,8H,7H2,(H,19,20)(H2,17,18,21). The number of hydrogen-bond acceptors (Lipinski definition) is 3. The first kappa shape index (κ1) is 15.2. The van der Waals surface area contributed by atoms with Gasteiger partial charge in [0.25, 0.3) is 0 Å². The summed E-state index contributed by atoms with van der Waals surface area (Å²) in [5, 5.41) is 14.0. The molecule has 0 atom stereocenters. The van der Waals surface area contributed by atoms with E-state index in [1.54, 1.807) is 18.2 Å². The van der Waals surface area contributed by atoms with Gasteiger partial charge in [0.1, 0.15) is 0 Å². The Kier molecular flexibility index (Phi) is 5.09. The lowest BCUT2D eigenvalue weighted by atomic mass is 10.2.